The zero-order valence-electron chi connectivity index (χ0n) is 14.1. The van der Waals surface area contributed by atoms with E-state index < -0.39 is 10.2 Å². The molecule has 0 radical (unpaired) electrons. The highest BCUT2D eigenvalue weighted by Crippen LogP contribution is 2.25. The fraction of sp³-hybridized carbons (Fsp3) is 0.333. The Balaban J connectivity index is 1.78. The Morgan fingerprint density at radius 3 is 2.48 bits per heavy atom. The van der Waals surface area contributed by atoms with Crippen molar-refractivity contribution in [1.29, 1.82) is 0 Å². The molecule has 0 amide bonds. The molecule has 0 unspecified atom stereocenters. The maximum absolute atomic E-state index is 13.0. The number of halogens is 1. The average Bonchev–Trinajstić information content (AvgIpc) is 2.60. The van der Waals surface area contributed by atoms with Crippen LogP contribution in [0.2, 0.25) is 5.02 Å². The molecule has 0 bridgehead atoms. The predicted octanol–water partition coefficient (Wildman–Crippen LogP) is 3.30. The van der Waals surface area contributed by atoms with Crippen LogP contribution in [0.4, 0.5) is 0 Å². The van der Waals surface area contributed by atoms with Gasteiger partial charge in [-0.25, -0.2) is 0 Å². The lowest BCUT2D eigenvalue weighted by Crippen LogP contribution is -2.48. The van der Waals surface area contributed by atoms with Gasteiger partial charge < -0.3 is 4.74 Å². The second-order valence-corrected chi connectivity index (χ2v) is 8.31. The lowest BCUT2D eigenvalue weighted by Gasteiger charge is -2.34. The first-order valence-corrected chi connectivity index (χ1v) is 9.90. The van der Waals surface area contributed by atoms with Crippen molar-refractivity contribution in [3.63, 3.8) is 0 Å². The van der Waals surface area contributed by atoms with E-state index in [1.165, 1.54) is 8.61 Å². The molecular formula is C18H21ClN2O3S. The highest BCUT2D eigenvalue weighted by Gasteiger charge is 2.33. The molecule has 0 saturated carbocycles. The van der Waals surface area contributed by atoms with Gasteiger partial charge in [-0.05, 0) is 35.7 Å². The van der Waals surface area contributed by atoms with Crippen molar-refractivity contribution in [3.8, 4) is 5.75 Å². The van der Waals surface area contributed by atoms with Crippen LogP contribution in [0.5, 0.6) is 5.75 Å². The Hall–Kier alpha value is -1.60. The summed E-state index contributed by atoms with van der Waals surface area (Å²) in [4.78, 5) is 0. The fourth-order valence-electron chi connectivity index (χ4n) is 2.93. The van der Waals surface area contributed by atoms with E-state index in [0.29, 0.717) is 24.7 Å². The molecule has 2 aromatic carbocycles. The third-order valence-electron chi connectivity index (χ3n) is 4.27. The topological polar surface area (TPSA) is 49.9 Å². The first kappa shape index (κ1) is 18.2. The Morgan fingerprint density at radius 2 is 1.76 bits per heavy atom. The normalized spacial score (nSPS) is 18.2. The van der Waals surface area contributed by atoms with Gasteiger partial charge in [0.05, 0.1) is 7.11 Å². The van der Waals surface area contributed by atoms with Gasteiger partial charge in [0.2, 0.25) is 0 Å². The molecule has 1 aliphatic rings. The summed E-state index contributed by atoms with van der Waals surface area (Å²) in [6.07, 6.45) is 0.785. The van der Waals surface area contributed by atoms with Gasteiger partial charge in [0.25, 0.3) is 10.2 Å². The smallest absolute Gasteiger partial charge is 0.282 e. The van der Waals surface area contributed by atoms with Gasteiger partial charge in [0.15, 0.2) is 0 Å². The maximum atomic E-state index is 13.0. The van der Waals surface area contributed by atoms with E-state index in [4.69, 9.17) is 16.3 Å². The zero-order chi connectivity index (χ0) is 17.9. The number of rotatable bonds is 5. The second-order valence-electron chi connectivity index (χ2n) is 5.97. The van der Waals surface area contributed by atoms with E-state index >= 15 is 0 Å². The largest absolute Gasteiger partial charge is 0.497 e. The first-order chi connectivity index (χ1) is 12.0. The van der Waals surface area contributed by atoms with Crippen LogP contribution < -0.4 is 4.74 Å². The van der Waals surface area contributed by atoms with Crippen molar-refractivity contribution in [1.82, 2.24) is 8.61 Å². The third kappa shape index (κ3) is 4.15. The molecule has 25 heavy (non-hydrogen) atoms. The Labute approximate surface area is 154 Å². The molecule has 3 rings (SSSR count). The van der Waals surface area contributed by atoms with Crippen LogP contribution in [0.15, 0.2) is 48.5 Å². The van der Waals surface area contributed by atoms with E-state index in [1.54, 1.807) is 13.2 Å². The summed E-state index contributed by atoms with van der Waals surface area (Å²) in [5, 5.41) is 0.586. The highest BCUT2D eigenvalue weighted by molar-refractivity contribution is 7.86. The molecule has 1 saturated heterocycles. The molecule has 2 aromatic rings. The second kappa shape index (κ2) is 7.74. The molecule has 0 atom stereocenters. The lowest BCUT2D eigenvalue weighted by atomic mass is 10.2. The van der Waals surface area contributed by atoms with Crippen LogP contribution >= 0.6 is 11.6 Å². The van der Waals surface area contributed by atoms with Crippen LogP contribution in [0.25, 0.3) is 0 Å². The third-order valence-corrected chi connectivity index (χ3v) is 6.56. The van der Waals surface area contributed by atoms with Gasteiger partial charge in [0.1, 0.15) is 5.75 Å². The van der Waals surface area contributed by atoms with Crippen molar-refractivity contribution < 1.29 is 13.2 Å². The van der Waals surface area contributed by atoms with Crippen LogP contribution in [-0.4, -0.2) is 37.2 Å². The van der Waals surface area contributed by atoms with Crippen LogP contribution in [0.1, 0.15) is 17.5 Å². The molecule has 7 heteroatoms. The number of nitrogens with zero attached hydrogens (tertiary/aromatic N) is 2. The van der Waals surface area contributed by atoms with Crippen LogP contribution in [-0.2, 0) is 23.3 Å². The summed E-state index contributed by atoms with van der Waals surface area (Å²) in [5.41, 5.74) is 1.72. The van der Waals surface area contributed by atoms with Gasteiger partial charge in [-0.1, -0.05) is 41.9 Å². The summed E-state index contributed by atoms with van der Waals surface area (Å²) in [6, 6.07) is 14.8. The fourth-order valence-corrected chi connectivity index (χ4v) is 4.79. The van der Waals surface area contributed by atoms with Crippen molar-refractivity contribution in [2.45, 2.75) is 19.5 Å². The van der Waals surface area contributed by atoms with E-state index in [-0.39, 0.29) is 6.54 Å². The van der Waals surface area contributed by atoms with Gasteiger partial charge in [0, 0.05) is 31.2 Å². The van der Waals surface area contributed by atoms with E-state index in [1.807, 2.05) is 42.5 Å². The molecule has 0 spiro atoms. The van der Waals surface area contributed by atoms with Crippen molar-refractivity contribution in [2.24, 2.45) is 0 Å². The monoisotopic (exact) mass is 380 g/mol. The molecule has 1 fully saturated rings. The molecule has 134 valence electrons. The van der Waals surface area contributed by atoms with Crippen LogP contribution in [0.3, 0.4) is 0 Å². The minimum Gasteiger partial charge on any atom is -0.497 e. The summed E-state index contributed by atoms with van der Waals surface area (Å²) >= 11 is 6.19. The Bertz CT molecular complexity index is 842. The summed E-state index contributed by atoms with van der Waals surface area (Å²) in [6.45, 7) is 1.63. The molecule has 0 aromatic heterocycles. The van der Waals surface area contributed by atoms with E-state index in [9.17, 15) is 8.42 Å². The van der Waals surface area contributed by atoms with Gasteiger partial charge in [-0.2, -0.15) is 17.0 Å². The van der Waals surface area contributed by atoms with Crippen molar-refractivity contribution in [3.05, 3.63) is 64.7 Å². The summed E-state index contributed by atoms with van der Waals surface area (Å²) < 4.78 is 34.2. The van der Waals surface area contributed by atoms with Crippen molar-refractivity contribution >= 4 is 21.8 Å². The van der Waals surface area contributed by atoms with Gasteiger partial charge >= 0.3 is 0 Å². The first-order valence-electron chi connectivity index (χ1n) is 8.12. The molecule has 5 nitrogen and oxygen atoms in total. The minimum absolute atomic E-state index is 0.288. The number of hydrogen-bond acceptors (Lipinski definition) is 3. The predicted molar refractivity (Wildman–Crippen MR) is 98.8 cm³/mol. The van der Waals surface area contributed by atoms with Crippen LogP contribution in [0, 0.1) is 0 Å². The highest BCUT2D eigenvalue weighted by atomic mass is 35.5. The number of ether oxygens (including phenoxy) is 1. The number of hydrogen-bond donors (Lipinski definition) is 0. The van der Waals surface area contributed by atoms with E-state index in [2.05, 4.69) is 0 Å². The zero-order valence-corrected chi connectivity index (χ0v) is 15.6. The average molecular weight is 381 g/mol. The minimum atomic E-state index is -3.53. The van der Waals surface area contributed by atoms with Gasteiger partial charge in [-0.3, -0.25) is 0 Å². The number of benzene rings is 2. The maximum Gasteiger partial charge on any atom is 0.282 e. The molecule has 0 N–H and O–H groups in total. The lowest BCUT2D eigenvalue weighted by molar-refractivity contribution is 0.276. The quantitative estimate of drug-likeness (QED) is 0.799. The standard InChI is InChI=1S/C18H21ClN2O3S/c1-24-17-8-4-6-15(12-17)13-20-10-5-11-21(25(20,22)23)14-16-7-2-3-9-18(16)19/h2-4,6-9,12H,5,10-11,13-14H2,1H3. The van der Waals surface area contributed by atoms with Crippen molar-refractivity contribution in [2.75, 3.05) is 20.2 Å². The number of methoxy groups -OCH3 is 1. The SMILES string of the molecule is COc1cccc(CN2CCCN(Cc3ccccc3Cl)S2(=O)=O)c1. The molecule has 1 aliphatic heterocycles. The molecule has 1 heterocycles. The van der Waals surface area contributed by atoms with Gasteiger partial charge in [-0.15, -0.1) is 0 Å². The Kier molecular flexibility index (Phi) is 5.64. The Morgan fingerprint density at radius 1 is 1.04 bits per heavy atom. The molecule has 0 aliphatic carbocycles. The summed E-state index contributed by atoms with van der Waals surface area (Å²) in [7, 11) is -1.93. The molecular weight excluding hydrogens is 360 g/mol. The summed E-state index contributed by atoms with van der Waals surface area (Å²) in [5.74, 6) is 0.722. The van der Waals surface area contributed by atoms with E-state index in [0.717, 1.165) is 23.3 Å².